The van der Waals surface area contributed by atoms with Crippen molar-refractivity contribution in [1.29, 1.82) is 0 Å². The number of aromatic nitrogens is 3. The van der Waals surface area contributed by atoms with Gasteiger partial charge in [-0.25, -0.2) is 4.98 Å². The van der Waals surface area contributed by atoms with Gasteiger partial charge in [-0.2, -0.15) is 4.52 Å². The number of rotatable bonds is 6. The number of anilines is 2. The van der Waals surface area contributed by atoms with Gasteiger partial charge >= 0.3 is 0 Å². The Morgan fingerprint density at radius 1 is 1.27 bits per heavy atom. The summed E-state index contributed by atoms with van der Waals surface area (Å²) in [5.74, 6) is -0.0599. The van der Waals surface area contributed by atoms with Gasteiger partial charge < -0.3 is 10.6 Å². The van der Waals surface area contributed by atoms with Crippen LogP contribution >= 0.6 is 11.3 Å². The van der Waals surface area contributed by atoms with Gasteiger partial charge in [0, 0.05) is 29.9 Å². The number of nitrogens with zero attached hydrogens (tertiary/aromatic N) is 3. The van der Waals surface area contributed by atoms with Crippen LogP contribution in [0.4, 0.5) is 10.8 Å². The molecule has 2 heterocycles. The zero-order valence-electron chi connectivity index (χ0n) is 14.9. The fourth-order valence-electron chi connectivity index (χ4n) is 2.28. The monoisotopic (exact) mass is 371 g/mol. The molecule has 0 saturated heterocycles. The fraction of sp³-hybridized carbons (Fsp3) is 0.333. The van der Waals surface area contributed by atoms with E-state index in [2.05, 4.69) is 20.7 Å². The van der Waals surface area contributed by atoms with Crippen LogP contribution in [0, 0.1) is 5.92 Å². The maximum Gasteiger partial charge on any atom is 0.275 e. The first-order valence-electron chi connectivity index (χ1n) is 8.49. The average Bonchev–Trinajstić information content (AvgIpc) is 3.04. The van der Waals surface area contributed by atoms with E-state index in [-0.39, 0.29) is 17.4 Å². The molecule has 0 aliphatic rings. The second kappa shape index (κ2) is 7.65. The summed E-state index contributed by atoms with van der Waals surface area (Å²) in [5, 5.41) is 11.0. The van der Waals surface area contributed by atoms with Crippen molar-refractivity contribution in [2.75, 3.05) is 10.6 Å². The van der Waals surface area contributed by atoms with Crippen LogP contribution in [-0.4, -0.2) is 20.5 Å². The third-order valence-corrected chi connectivity index (χ3v) is 4.72. The van der Waals surface area contributed by atoms with Crippen molar-refractivity contribution in [3.63, 3.8) is 0 Å². The summed E-state index contributed by atoms with van der Waals surface area (Å²) in [5.41, 5.74) is 2.42. The second-order valence-electron chi connectivity index (χ2n) is 6.24. The van der Waals surface area contributed by atoms with Crippen molar-refractivity contribution in [2.24, 2.45) is 5.92 Å². The summed E-state index contributed by atoms with van der Waals surface area (Å²) in [6.07, 6.45) is 0.714. The Morgan fingerprint density at radius 2 is 2.00 bits per heavy atom. The Morgan fingerprint density at radius 3 is 2.65 bits per heavy atom. The molecule has 0 bridgehead atoms. The molecule has 7 nitrogen and oxygen atoms in total. The molecule has 26 heavy (non-hydrogen) atoms. The molecule has 0 unspecified atom stereocenters. The molecule has 2 N–H and O–H groups in total. The highest BCUT2D eigenvalue weighted by Gasteiger charge is 2.09. The lowest BCUT2D eigenvalue weighted by Crippen LogP contribution is -2.17. The third kappa shape index (κ3) is 4.08. The van der Waals surface area contributed by atoms with Gasteiger partial charge in [0.05, 0.1) is 0 Å². The van der Waals surface area contributed by atoms with E-state index in [0.717, 1.165) is 16.9 Å². The lowest BCUT2D eigenvalue weighted by molar-refractivity contribution is -0.118. The Bertz CT molecular complexity index is 975. The number of carbonyl (C=O) groups is 1. The van der Waals surface area contributed by atoms with Gasteiger partial charge in [-0.3, -0.25) is 9.59 Å². The normalized spacial score (nSPS) is 11.1. The van der Waals surface area contributed by atoms with Crippen LogP contribution in [0.3, 0.4) is 0 Å². The Kier molecular flexibility index (Phi) is 5.32. The molecular weight excluding hydrogens is 350 g/mol. The molecule has 1 aromatic carbocycles. The molecule has 0 radical (unpaired) electrons. The Balaban J connectivity index is 1.67. The van der Waals surface area contributed by atoms with Crippen LogP contribution < -0.4 is 16.2 Å². The lowest BCUT2D eigenvalue weighted by Gasteiger charge is -2.08. The largest absolute Gasteiger partial charge is 0.356 e. The summed E-state index contributed by atoms with van der Waals surface area (Å²) in [6.45, 7) is 6.24. The first-order chi connectivity index (χ1) is 12.5. The smallest absolute Gasteiger partial charge is 0.275 e. The zero-order chi connectivity index (χ0) is 18.7. The van der Waals surface area contributed by atoms with Gasteiger partial charge in [-0.1, -0.05) is 44.2 Å². The van der Waals surface area contributed by atoms with Crippen molar-refractivity contribution in [1.82, 2.24) is 14.6 Å². The molecule has 2 aromatic heterocycles. The molecule has 3 aromatic rings. The highest BCUT2D eigenvalue weighted by Crippen LogP contribution is 2.18. The Labute approximate surface area is 155 Å². The van der Waals surface area contributed by atoms with E-state index in [4.69, 9.17) is 0 Å². The lowest BCUT2D eigenvalue weighted by atomic mass is 10.1. The molecule has 0 aliphatic carbocycles. The maximum atomic E-state index is 12.0. The summed E-state index contributed by atoms with van der Waals surface area (Å²) in [7, 11) is 0. The van der Waals surface area contributed by atoms with E-state index in [0.29, 0.717) is 23.1 Å². The van der Waals surface area contributed by atoms with E-state index < -0.39 is 0 Å². The van der Waals surface area contributed by atoms with Gasteiger partial charge in [0.25, 0.3) is 5.56 Å². The van der Waals surface area contributed by atoms with Crippen molar-refractivity contribution >= 4 is 33.0 Å². The van der Waals surface area contributed by atoms with Crippen molar-refractivity contribution in [2.45, 2.75) is 33.7 Å². The average molecular weight is 371 g/mol. The van der Waals surface area contributed by atoms with Crippen LogP contribution in [0.2, 0.25) is 0 Å². The molecule has 3 rings (SSSR count). The number of carbonyl (C=O) groups excluding carboxylic acids is 1. The number of benzene rings is 1. The van der Waals surface area contributed by atoms with Crippen LogP contribution in [0.25, 0.3) is 4.96 Å². The van der Waals surface area contributed by atoms with Crippen LogP contribution in [0.1, 0.15) is 32.0 Å². The number of amides is 1. The van der Waals surface area contributed by atoms with Crippen molar-refractivity contribution < 1.29 is 4.79 Å². The predicted molar refractivity (Wildman–Crippen MR) is 104 cm³/mol. The quantitative estimate of drug-likeness (QED) is 0.695. The number of fused-ring (bicyclic) bond motifs is 1. The molecule has 0 atom stereocenters. The van der Waals surface area contributed by atoms with Crippen molar-refractivity contribution in [3.8, 4) is 0 Å². The van der Waals surface area contributed by atoms with Gasteiger partial charge in [-0.15, -0.1) is 5.10 Å². The summed E-state index contributed by atoms with van der Waals surface area (Å²) < 4.78 is 1.32. The molecule has 8 heteroatoms. The second-order valence-corrected chi connectivity index (χ2v) is 7.19. The van der Waals surface area contributed by atoms with E-state index >= 15 is 0 Å². The zero-order valence-corrected chi connectivity index (χ0v) is 15.8. The molecule has 1 amide bonds. The fourth-order valence-corrected chi connectivity index (χ4v) is 3.10. The van der Waals surface area contributed by atoms with Gasteiger partial charge in [0.2, 0.25) is 16.0 Å². The topological polar surface area (TPSA) is 88.4 Å². The molecule has 136 valence electrons. The van der Waals surface area contributed by atoms with E-state index in [9.17, 15) is 9.59 Å². The number of hydrogen-bond acceptors (Lipinski definition) is 6. The maximum absolute atomic E-state index is 12.0. The number of nitrogens with one attached hydrogen (secondary N) is 2. The van der Waals surface area contributed by atoms with Crippen LogP contribution in [0.15, 0.2) is 35.1 Å². The summed E-state index contributed by atoms with van der Waals surface area (Å²) >= 11 is 1.35. The van der Waals surface area contributed by atoms with Gasteiger partial charge in [0.15, 0.2) is 0 Å². The molecular formula is C18H21N5O2S. The summed E-state index contributed by atoms with van der Waals surface area (Å²) in [6, 6.07) is 9.14. The highest BCUT2D eigenvalue weighted by molar-refractivity contribution is 7.20. The molecule has 0 fully saturated rings. The van der Waals surface area contributed by atoms with Crippen LogP contribution in [0.5, 0.6) is 0 Å². The van der Waals surface area contributed by atoms with Gasteiger partial charge in [-0.05, 0) is 24.1 Å². The molecule has 0 spiro atoms. The molecule has 0 saturated carbocycles. The first-order valence-corrected chi connectivity index (χ1v) is 9.31. The minimum atomic E-state index is -0.165. The molecule has 0 aliphatic heterocycles. The first kappa shape index (κ1) is 18.1. The third-order valence-electron chi connectivity index (χ3n) is 3.85. The van der Waals surface area contributed by atoms with Gasteiger partial charge in [0.1, 0.15) is 0 Å². The minimum Gasteiger partial charge on any atom is -0.356 e. The van der Waals surface area contributed by atoms with E-state index in [1.807, 2.05) is 45.0 Å². The van der Waals surface area contributed by atoms with Crippen molar-refractivity contribution in [3.05, 3.63) is 51.9 Å². The minimum absolute atomic E-state index is 0.00487. The van der Waals surface area contributed by atoms with E-state index in [1.54, 1.807) is 0 Å². The van der Waals surface area contributed by atoms with E-state index in [1.165, 1.54) is 21.9 Å². The number of hydrogen-bond donors (Lipinski definition) is 2. The van der Waals surface area contributed by atoms with Crippen LogP contribution in [-0.2, 0) is 17.8 Å². The Hall–Kier alpha value is -2.74. The SMILES string of the molecule is CCc1cc(=O)n2nc(NCc3ccc(NC(=O)C(C)C)cc3)sc2n1. The summed E-state index contributed by atoms with van der Waals surface area (Å²) in [4.78, 5) is 28.7. The highest BCUT2D eigenvalue weighted by atomic mass is 32.1. The predicted octanol–water partition coefficient (Wildman–Crippen LogP) is 2.92. The number of aryl methyl sites for hydroxylation is 1. The standard InChI is InChI=1S/C18H21N5O2S/c1-4-13-9-15(24)23-18(21-13)26-17(22-23)19-10-12-5-7-14(8-6-12)20-16(25)11(2)3/h5-9,11H,4,10H2,1-3H3,(H,19,22)(H,20,25).